The molecule has 0 N–H and O–H groups in total. The van der Waals surface area contributed by atoms with Gasteiger partial charge in [0.25, 0.3) is 0 Å². The summed E-state index contributed by atoms with van der Waals surface area (Å²) in [5.74, 6) is -0.281. The number of hydrogen-bond donors (Lipinski definition) is 0. The molecule has 0 saturated carbocycles. The van der Waals surface area contributed by atoms with Crippen molar-refractivity contribution in [2.45, 2.75) is 83.0 Å². The van der Waals surface area contributed by atoms with E-state index in [0.29, 0.717) is 32.8 Å². The molecule has 212 valence electrons. The molecule has 0 aliphatic carbocycles. The van der Waals surface area contributed by atoms with Gasteiger partial charge >= 0.3 is 5.97 Å². The van der Waals surface area contributed by atoms with E-state index in [4.69, 9.17) is 23.8 Å². The molecule has 0 amide bonds. The first-order valence-corrected chi connectivity index (χ1v) is 14.1. The molecule has 0 radical (unpaired) electrons. The van der Waals surface area contributed by atoms with Crippen LogP contribution >= 0.6 is 0 Å². The largest absolute Gasteiger partial charge is 0.463 e. The first-order chi connectivity index (χ1) is 19.6. The number of esters is 1. The zero-order valence-corrected chi connectivity index (χ0v) is 23.3. The zero-order chi connectivity index (χ0) is 27.7. The lowest BCUT2D eigenvalue weighted by atomic mass is 10.00. The summed E-state index contributed by atoms with van der Waals surface area (Å²) in [5, 5.41) is 2.04. The van der Waals surface area contributed by atoms with E-state index in [2.05, 4.69) is 36.4 Å². The third kappa shape index (κ3) is 7.56. The molecule has 7 heteroatoms. The molecule has 2 fully saturated rings. The highest BCUT2D eigenvalue weighted by Gasteiger charge is 2.56. The van der Waals surface area contributed by atoms with Gasteiger partial charge in [-0.15, -0.1) is 0 Å². The van der Waals surface area contributed by atoms with Gasteiger partial charge in [0.2, 0.25) is 0 Å². The van der Waals surface area contributed by atoms with Gasteiger partial charge in [0.1, 0.15) is 18.3 Å². The van der Waals surface area contributed by atoms with Crippen LogP contribution in [-0.4, -0.2) is 54.1 Å². The van der Waals surface area contributed by atoms with E-state index in [1.165, 1.54) is 6.92 Å². The van der Waals surface area contributed by atoms with Crippen molar-refractivity contribution in [1.29, 1.82) is 0 Å². The summed E-state index contributed by atoms with van der Waals surface area (Å²) in [6, 6.07) is 30.4. The SMILES string of the molecule is CC(=O)O[C@@H](C)C[C@H]1C[C@@H]2[C@@H](OCc3ccccc3)[C@H](OCc3ccccc3)[C@@H](COCc3ccccc3)N2O1. The Labute approximate surface area is 236 Å². The maximum Gasteiger partial charge on any atom is 0.302 e. The number of benzene rings is 3. The van der Waals surface area contributed by atoms with Crippen molar-refractivity contribution in [3.8, 4) is 0 Å². The Balaban J connectivity index is 1.34. The average molecular weight is 546 g/mol. The van der Waals surface area contributed by atoms with E-state index in [1.807, 2.05) is 66.6 Å². The Hall–Kier alpha value is -3.07. The fourth-order valence-electron chi connectivity index (χ4n) is 5.68. The van der Waals surface area contributed by atoms with E-state index in [-0.39, 0.29) is 42.5 Å². The Morgan fingerprint density at radius 3 is 1.90 bits per heavy atom. The standard InChI is InChI=1S/C33H39NO6/c1-24(39-25(2)35)18-29-19-30-32(37-21-27-14-8-4-9-15-27)33(38-22-28-16-10-5-11-17-28)31(34(30)40-29)23-36-20-26-12-6-3-7-13-26/h3-17,24,29-33H,18-23H2,1-2H3/t24-,29-,30+,31+,32+,33+/m0/s1. The van der Waals surface area contributed by atoms with Crippen LogP contribution in [0.5, 0.6) is 0 Å². The average Bonchev–Trinajstić information content (AvgIpc) is 3.48. The number of fused-ring (bicyclic) bond motifs is 1. The highest BCUT2D eigenvalue weighted by Crippen LogP contribution is 2.40. The second kappa shape index (κ2) is 14.0. The molecule has 2 saturated heterocycles. The number of hydrogen-bond acceptors (Lipinski definition) is 7. The normalized spacial score (nSPS) is 25.0. The lowest BCUT2D eigenvalue weighted by Gasteiger charge is -2.29. The molecule has 0 unspecified atom stereocenters. The predicted octanol–water partition coefficient (Wildman–Crippen LogP) is 5.47. The Morgan fingerprint density at radius 2 is 1.35 bits per heavy atom. The van der Waals surface area contributed by atoms with Gasteiger partial charge in [-0.2, -0.15) is 5.06 Å². The number of carbonyl (C=O) groups is 1. The van der Waals surface area contributed by atoms with Crippen LogP contribution in [0.3, 0.4) is 0 Å². The van der Waals surface area contributed by atoms with Gasteiger partial charge in [0.05, 0.1) is 44.6 Å². The van der Waals surface area contributed by atoms with E-state index in [1.54, 1.807) is 0 Å². The van der Waals surface area contributed by atoms with E-state index < -0.39 is 0 Å². The third-order valence-corrected chi connectivity index (χ3v) is 7.44. The topological polar surface area (TPSA) is 66.5 Å². The molecule has 6 atom stereocenters. The Morgan fingerprint density at radius 1 is 0.825 bits per heavy atom. The number of rotatable bonds is 13. The van der Waals surface area contributed by atoms with E-state index in [0.717, 1.165) is 23.1 Å². The Bertz CT molecular complexity index is 1180. The summed E-state index contributed by atoms with van der Waals surface area (Å²) in [5.41, 5.74) is 3.33. The molecule has 7 nitrogen and oxygen atoms in total. The zero-order valence-electron chi connectivity index (χ0n) is 23.3. The molecular weight excluding hydrogens is 506 g/mol. The molecular formula is C33H39NO6. The van der Waals surface area contributed by atoms with Crippen LogP contribution in [0.2, 0.25) is 0 Å². The van der Waals surface area contributed by atoms with E-state index >= 15 is 0 Å². The fourth-order valence-corrected chi connectivity index (χ4v) is 5.68. The molecule has 3 aromatic rings. The van der Waals surface area contributed by atoms with Crippen LogP contribution < -0.4 is 0 Å². The van der Waals surface area contributed by atoms with E-state index in [9.17, 15) is 4.79 Å². The lowest BCUT2D eigenvalue weighted by Crippen LogP contribution is -2.42. The molecule has 0 aromatic heterocycles. The smallest absolute Gasteiger partial charge is 0.302 e. The summed E-state index contributed by atoms with van der Waals surface area (Å²) < 4.78 is 24.9. The fraction of sp³-hybridized carbons (Fsp3) is 0.424. The van der Waals surface area contributed by atoms with Crippen LogP contribution in [0.25, 0.3) is 0 Å². The van der Waals surface area contributed by atoms with Crippen LogP contribution in [0.15, 0.2) is 91.0 Å². The quantitative estimate of drug-likeness (QED) is 0.264. The molecule has 40 heavy (non-hydrogen) atoms. The highest BCUT2D eigenvalue weighted by molar-refractivity contribution is 5.66. The molecule has 3 aromatic carbocycles. The van der Waals surface area contributed by atoms with Crippen molar-refractivity contribution in [1.82, 2.24) is 5.06 Å². The summed E-state index contributed by atoms with van der Waals surface area (Å²) in [4.78, 5) is 18.0. The molecule has 5 rings (SSSR count). The minimum atomic E-state index is -0.281. The highest BCUT2D eigenvalue weighted by atomic mass is 16.7. The maximum absolute atomic E-state index is 11.5. The first kappa shape index (κ1) is 28.5. The van der Waals surface area contributed by atoms with Crippen LogP contribution in [-0.2, 0) is 48.4 Å². The first-order valence-electron chi connectivity index (χ1n) is 14.1. The molecule has 2 aliphatic rings. The van der Waals surface area contributed by atoms with Gasteiger partial charge in [-0.25, -0.2) is 0 Å². The van der Waals surface area contributed by atoms with Gasteiger partial charge in [0.15, 0.2) is 0 Å². The van der Waals surface area contributed by atoms with Crippen molar-refractivity contribution >= 4 is 5.97 Å². The number of carbonyl (C=O) groups excluding carboxylic acids is 1. The van der Waals surface area contributed by atoms with Crippen LogP contribution in [0, 0.1) is 0 Å². The number of ether oxygens (including phenoxy) is 4. The van der Waals surface area contributed by atoms with Gasteiger partial charge in [-0.05, 0) is 30.0 Å². The maximum atomic E-state index is 11.5. The molecule has 0 spiro atoms. The summed E-state index contributed by atoms with van der Waals surface area (Å²) in [7, 11) is 0. The molecule has 2 heterocycles. The van der Waals surface area contributed by atoms with Crippen molar-refractivity contribution in [2.24, 2.45) is 0 Å². The summed E-state index contributed by atoms with van der Waals surface area (Å²) in [6.45, 7) is 5.23. The van der Waals surface area contributed by atoms with Gasteiger partial charge in [-0.3, -0.25) is 9.63 Å². The van der Waals surface area contributed by atoms with Gasteiger partial charge in [-0.1, -0.05) is 91.0 Å². The third-order valence-electron chi connectivity index (χ3n) is 7.44. The molecule has 2 aliphatic heterocycles. The minimum absolute atomic E-state index is 0.00987. The monoisotopic (exact) mass is 545 g/mol. The van der Waals surface area contributed by atoms with Gasteiger partial charge in [0, 0.05) is 13.3 Å². The second-order valence-corrected chi connectivity index (χ2v) is 10.6. The number of hydroxylamine groups is 2. The summed E-state index contributed by atoms with van der Waals surface area (Å²) in [6.07, 6.45) is 0.578. The lowest BCUT2D eigenvalue weighted by molar-refractivity contribution is -0.201. The van der Waals surface area contributed by atoms with Crippen molar-refractivity contribution in [3.63, 3.8) is 0 Å². The summed E-state index contributed by atoms with van der Waals surface area (Å²) >= 11 is 0. The second-order valence-electron chi connectivity index (χ2n) is 10.6. The minimum Gasteiger partial charge on any atom is -0.463 e. The van der Waals surface area contributed by atoms with Crippen molar-refractivity contribution < 1.29 is 28.6 Å². The van der Waals surface area contributed by atoms with Crippen molar-refractivity contribution in [2.75, 3.05) is 6.61 Å². The predicted molar refractivity (Wildman–Crippen MR) is 151 cm³/mol. The van der Waals surface area contributed by atoms with Gasteiger partial charge < -0.3 is 18.9 Å². The molecule has 0 bridgehead atoms. The van der Waals surface area contributed by atoms with Crippen molar-refractivity contribution in [3.05, 3.63) is 108 Å². The van der Waals surface area contributed by atoms with Crippen LogP contribution in [0.4, 0.5) is 0 Å². The van der Waals surface area contributed by atoms with Crippen LogP contribution in [0.1, 0.15) is 43.4 Å². The Kier molecular flexibility index (Phi) is 9.97. The number of nitrogens with zero attached hydrogens (tertiary/aromatic N) is 1.